The van der Waals surface area contributed by atoms with Crippen molar-refractivity contribution < 1.29 is 4.74 Å². The van der Waals surface area contributed by atoms with E-state index in [2.05, 4.69) is 36.7 Å². The van der Waals surface area contributed by atoms with Crippen LogP contribution in [-0.2, 0) is 4.74 Å². The number of rotatable bonds is 11. The normalized spacial score (nSPS) is 13.3. The van der Waals surface area contributed by atoms with E-state index in [9.17, 15) is 0 Å². The first-order valence-corrected chi connectivity index (χ1v) is 7.98. The SMILES string of the molecule is CC(C)C(C)OCCCCCCCCCBr. The lowest BCUT2D eigenvalue weighted by molar-refractivity contribution is 0.0331. The van der Waals surface area contributed by atoms with E-state index < -0.39 is 0 Å². The molecule has 0 aliphatic carbocycles. The Balaban J connectivity index is 3.04. The lowest BCUT2D eigenvalue weighted by Crippen LogP contribution is -2.15. The highest BCUT2D eigenvalue weighted by Gasteiger charge is 2.05. The van der Waals surface area contributed by atoms with E-state index in [1.54, 1.807) is 0 Å². The molecule has 0 saturated carbocycles. The van der Waals surface area contributed by atoms with Gasteiger partial charge >= 0.3 is 0 Å². The van der Waals surface area contributed by atoms with Gasteiger partial charge in [0.15, 0.2) is 0 Å². The molecule has 0 aromatic heterocycles. The molecule has 0 rings (SSSR count). The molecule has 1 atom stereocenters. The molecule has 1 nitrogen and oxygen atoms in total. The number of unbranched alkanes of at least 4 members (excludes halogenated alkanes) is 6. The summed E-state index contributed by atoms with van der Waals surface area (Å²) in [5, 5.41) is 1.16. The Bertz CT molecular complexity index is 137. The van der Waals surface area contributed by atoms with Crippen molar-refractivity contribution in [2.45, 2.75) is 71.8 Å². The second-order valence-corrected chi connectivity index (χ2v) is 5.78. The molecule has 0 bridgehead atoms. The molecule has 98 valence electrons. The second-order valence-electron chi connectivity index (χ2n) is 4.98. The summed E-state index contributed by atoms with van der Waals surface area (Å²) >= 11 is 3.46. The Labute approximate surface area is 110 Å². The number of halogens is 1. The van der Waals surface area contributed by atoms with Crippen LogP contribution in [0, 0.1) is 5.92 Å². The molecule has 2 heteroatoms. The Kier molecular flexibility index (Phi) is 12.2. The molecule has 0 aromatic rings. The number of hydrogen-bond acceptors (Lipinski definition) is 1. The van der Waals surface area contributed by atoms with Crippen LogP contribution in [0.5, 0.6) is 0 Å². The van der Waals surface area contributed by atoms with Gasteiger partial charge in [0.2, 0.25) is 0 Å². The first kappa shape index (κ1) is 16.4. The van der Waals surface area contributed by atoms with Crippen molar-refractivity contribution in [2.24, 2.45) is 5.92 Å². The van der Waals surface area contributed by atoms with E-state index in [0.29, 0.717) is 12.0 Å². The van der Waals surface area contributed by atoms with Crippen LogP contribution in [0.25, 0.3) is 0 Å². The summed E-state index contributed by atoms with van der Waals surface area (Å²) in [6.45, 7) is 7.55. The predicted molar refractivity (Wildman–Crippen MR) is 76.4 cm³/mol. The van der Waals surface area contributed by atoms with Crippen LogP contribution in [0.3, 0.4) is 0 Å². The van der Waals surface area contributed by atoms with Crippen LogP contribution in [0.15, 0.2) is 0 Å². The van der Waals surface area contributed by atoms with Crippen molar-refractivity contribution in [2.75, 3.05) is 11.9 Å². The Morgan fingerprint density at radius 1 is 0.812 bits per heavy atom. The number of hydrogen-bond donors (Lipinski definition) is 0. The van der Waals surface area contributed by atoms with Crippen LogP contribution >= 0.6 is 15.9 Å². The molecular weight excluding hydrogens is 264 g/mol. The lowest BCUT2D eigenvalue weighted by Gasteiger charge is -2.16. The minimum Gasteiger partial charge on any atom is -0.378 e. The van der Waals surface area contributed by atoms with Crippen LogP contribution in [0.4, 0.5) is 0 Å². The molecule has 0 fully saturated rings. The van der Waals surface area contributed by atoms with Crippen LogP contribution in [0.1, 0.15) is 65.7 Å². The minimum absolute atomic E-state index is 0.416. The van der Waals surface area contributed by atoms with Gasteiger partial charge in [-0.1, -0.05) is 61.9 Å². The third-order valence-corrected chi connectivity index (χ3v) is 3.66. The lowest BCUT2D eigenvalue weighted by atomic mass is 10.1. The van der Waals surface area contributed by atoms with Gasteiger partial charge in [-0.25, -0.2) is 0 Å². The summed E-state index contributed by atoms with van der Waals surface area (Å²) in [7, 11) is 0. The maximum absolute atomic E-state index is 5.74. The molecule has 0 amide bonds. The fourth-order valence-corrected chi connectivity index (χ4v) is 1.94. The summed E-state index contributed by atoms with van der Waals surface area (Å²) in [5.74, 6) is 0.643. The number of alkyl halides is 1. The van der Waals surface area contributed by atoms with Crippen molar-refractivity contribution in [3.8, 4) is 0 Å². The van der Waals surface area contributed by atoms with Gasteiger partial charge in [0.25, 0.3) is 0 Å². The summed E-state index contributed by atoms with van der Waals surface area (Å²) in [4.78, 5) is 0. The molecule has 0 saturated heterocycles. The van der Waals surface area contributed by atoms with Gasteiger partial charge in [0, 0.05) is 11.9 Å². The average Bonchev–Trinajstić information content (AvgIpc) is 2.26. The maximum Gasteiger partial charge on any atom is 0.0569 e. The smallest absolute Gasteiger partial charge is 0.0569 e. The van der Waals surface area contributed by atoms with Gasteiger partial charge in [0.1, 0.15) is 0 Å². The third-order valence-electron chi connectivity index (χ3n) is 3.10. The van der Waals surface area contributed by atoms with E-state index in [1.165, 1.54) is 44.9 Å². The number of ether oxygens (including phenoxy) is 1. The van der Waals surface area contributed by atoms with Gasteiger partial charge < -0.3 is 4.74 Å². The van der Waals surface area contributed by atoms with E-state index in [0.717, 1.165) is 11.9 Å². The molecule has 16 heavy (non-hydrogen) atoms. The summed E-state index contributed by atoms with van der Waals surface area (Å²) in [6.07, 6.45) is 9.86. The maximum atomic E-state index is 5.74. The van der Waals surface area contributed by atoms with Crippen LogP contribution < -0.4 is 0 Å². The molecule has 0 N–H and O–H groups in total. The van der Waals surface area contributed by atoms with Crippen LogP contribution in [-0.4, -0.2) is 18.0 Å². The highest BCUT2D eigenvalue weighted by molar-refractivity contribution is 9.09. The van der Waals surface area contributed by atoms with Crippen molar-refractivity contribution in [1.82, 2.24) is 0 Å². The molecule has 0 aliphatic rings. The van der Waals surface area contributed by atoms with Gasteiger partial charge in [-0.15, -0.1) is 0 Å². The molecule has 0 radical (unpaired) electrons. The van der Waals surface area contributed by atoms with Crippen molar-refractivity contribution >= 4 is 15.9 Å². The summed E-state index contributed by atoms with van der Waals surface area (Å²) < 4.78 is 5.74. The van der Waals surface area contributed by atoms with Crippen molar-refractivity contribution in [3.05, 3.63) is 0 Å². The van der Waals surface area contributed by atoms with Gasteiger partial charge in [-0.05, 0) is 25.7 Å². The van der Waals surface area contributed by atoms with E-state index in [-0.39, 0.29) is 0 Å². The zero-order valence-electron chi connectivity index (χ0n) is 11.3. The van der Waals surface area contributed by atoms with Gasteiger partial charge in [0.05, 0.1) is 6.10 Å². The molecule has 0 spiro atoms. The van der Waals surface area contributed by atoms with Crippen LogP contribution in [0.2, 0.25) is 0 Å². The summed E-state index contributed by atoms with van der Waals surface area (Å²) in [6, 6.07) is 0. The third kappa shape index (κ3) is 10.9. The van der Waals surface area contributed by atoms with Gasteiger partial charge in [-0.3, -0.25) is 0 Å². The highest BCUT2D eigenvalue weighted by Crippen LogP contribution is 2.10. The Hall–Kier alpha value is 0.440. The largest absolute Gasteiger partial charge is 0.378 e. The van der Waals surface area contributed by atoms with E-state index >= 15 is 0 Å². The molecule has 0 heterocycles. The fraction of sp³-hybridized carbons (Fsp3) is 1.00. The van der Waals surface area contributed by atoms with Gasteiger partial charge in [-0.2, -0.15) is 0 Å². The van der Waals surface area contributed by atoms with Crippen molar-refractivity contribution in [1.29, 1.82) is 0 Å². The zero-order chi connectivity index (χ0) is 12.2. The van der Waals surface area contributed by atoms with E-state index in [4.69, 9.17) is 4.74 Å². The fourth-order valence-electron chi connectivity index (χ4n) is 1.54. The molecule has 1 unspecified atom stereocenters. The van der Waals surface area contributed by atoms with Crippen molar-refractivity contribution in [3.63, 3.8) is 0 Å². The topological polar surface area (TPSA) is 9.23 Å². The predicted octanol–water partition coefficient (Wildman–Crippen LogP) is 5.17. The first-order chi connectivity index (χ1) is 7.68. The van der Waals surface area contributed by atoms with E-state index in [1.807, 2.05) is 0 Å². The standard InChI is InChI=1S/C14H29BrO/c1-13(2)14(3)16-12-10-8-6-4-5-7-9-11-15/h13-14H,4-12H2,1-3H3. The quantitative estimate of drug-likeness (QED) is 0.377. The second kappa shape index (κ2) is 11.9. The minimum atomic E-state index is 0.416. The molecule has 0 aliphatic heterocycles. The molecular formula is C14H29BrO. The zero-order valence-corrected chi connectivity index (χ0v) is 12.9. The highest BCUT2D eigenvalue weighted by atomic mass is 79.9. The Morgan fingerprint density at radius 3 is 1.81 bits per heavy atom. The summed E-state index contributed by atoms with van der Waals surface area (Å²) in [5.41, 5.74) is 0. The monoisotopic (exact) mass is 292 g/mol. The first-order valence-electron chi connectivity index (χ1n) is 6.86. The average molecular weight is 293 g/mol. The Morgan fingerprint density at radius 2 is 1.31 bits per heavy atom. The molecule has 0 aromatic carbocycles.